The normalized spacial score (nSPS) is 30.1. The summed E-state index contributed by atoms with van der Waals surface area (Å²) in [6.07, 6.45) is -0.468. The Morgan fingerprint density at radius 1 is 1.03 bits per heavy atom. The van der Waals surface area contributed by atoms with Crippen LogP contribution in [-0.2, 0) is 23.5 Å². The minimum Gasteiger partial charge on any atom is -0.404 e. The van der Waals surface area contributed by atoms with Gasteiger partial charge in [-0.25, -0.2) is 0 Å². The summed E-state index contributed by atoms with van der Waals surface area (Å²) in [7, 11) is -0.464. The third kappa shape index (κ3) is 4.78. The molecule has 4 rings (SSSR count). The zero-order valence-corrected chi connectivity index (χ0v) is 16.1. The van der Waals surface area contributed by atoms with Crippen LogP contribution in [0.4, 0.5) is 0 Å². The molecule has 2 saturated heterocycles. The molecule has 0 spiro atoms. The number of ether oxygens (including phenoxy) is 3. The summed E-state index contributed by atoms with van der Waals surface area (Å²) < 4.78 is 29.8. The molecule has 2 aliphatic rings. The highest BCUT2D eigenvalue weighted by molar-refractivity contribution is 6.61. The van der Waals surface area contributed by atoms with Gasteiger partial charge in [0, 0.05) is 5.56 Å². The second-order valence-electron chi connectivity index (χ2n) is 7.06. The zero-order valence-electron chi connectivity index (χ0n) is 16.1. The highest BCUT2D eigenvalue weighted by atomic mass is 16.7. The summed E-state index contributed by atoms with van der Waals surface area (Å²) in [5, 5.41) is 9.83. The molecule has 5 atom stereocenters. The van der Waals surface area contributed by atoms with Gasteiger partial charge in [-0.3, -0.25) is 0 Å². The van der Waals surface area contributed by atoms with Crippen LogP contribution < -0.4 is 5.46 Å². The Kier molecular flexibility index (Phi) is 6.76. The minimum absolute atomic E-state index is 0.169. The predicted octanol–water partition coefficient (Wildman–Crippen LogP) is 1.84. The lowest BCUT2D eigenvalue weighted by Crippen LogP contribution is -2.55. The third-order valence-corrected chi connectivity index (χ3v) is 5.09. The topological polar surface area (TPSA) is 66.4 Å². The number of hydrogen-bond acceptors (Lipinski definition) is 6. The van der Waals surface area contributed by atoms with Gasteiger partial charge in [-0.15, -0.1) is 6.58 Å². The van der Waals surface area contributed by atoms with Crippen molar-refractivity contribution < 1.29 is 28.6 Å². The van der Waals surface area contributed by atoms with Crippen LogP contribution in [0.1, 0.15) is 11.9 Å². The van der Waals surface area contributed by atoms with Crippen molar-refractivity contribution in [1.29, 1.82) is 0 Å². The van der Waals surface area contributed by atoms with Gasteiger partial charge < -0.3 is 28.6 Å². The SMILES string of the molecule is C=C[C@H]1OB(c2ccccc2)OC[C@@H]1O[C@@H]1CO[C@@H](c2ccccc2)O[C@H]1CO. The molecular formula is C22H25BO6. The molecule has 6 nitrogen and oxygen atoms in total. The summed E-state index contributed by atoms with van der Waals surface area (Å²) in [6, 6.07) is 19.4. The predicted molar refractivity (Wildman–Crippen MR) is 109 cm³/mol. The molecule has 2 heterocycles. The van der Waals surface area contributed by atoms with Crippen molar-refractivity contribution in [3.63, 3.8) is 0 Å². The summed E-state index contributed by atoms with van der Waals surface area (Å²) in [6.45, 7) is 4.34. The van der Waals surface area contributed by atoms with Crippen LogP contribution in [0.3, 0.4) is 0 Å². The Labute approximate surface area is 171 Å². The highest BCUT2D eigenvalue weighted by Gasteiger charge is 2.40. The van der Waals surface area contributed by atoms with Crippen LogP contribution in [-0.4, -0.2) is 56.5 Å². The number of aliphatic hydroxyl groups excluding tert-OH is 1. The number of benzene rings is 2. The molecule has 0 bridgehead atoms. The van der Waals surface area contributed by atoms with E-state index < -0.39 is 25.6 Å². The lowest BCUT2D eigenvalue weighted by Gasteiger charge is -2.40. The minimum atomic E-state index is -0.523. The van der Waals surface area contributed by atoms with Gasteiger partial charge in [-0.05, 0) is 5.46 Å². The molecule has 1 N–H and O–H groups in total. The first-order chi connectivity index (χ1) is 14.3. The molecule has 29 heavy (non-hydrogen) atoms. The Morgan fingerprint density at radius 3 is 2.45 bits per heavy atom. The fraction of sp³-hybridized carbons (Fsp3) is 0.364. The molecule has 2 fully saturated rings. The lowest BCUT2D eigenvalue weighted by molar-refractivity contribution is -0.284. The van der Waals surface area contributed by atoms with E-state index in [-0.39, 0.29) is 18.8 Å². The van der Waals surface area contributed by atoms with Crippen LogP contribution in [0.15, 0.2) is 73.3 Å². The standard InChI is InChI=1S/C22H25BO6/c1-2-18-21(15-26-23(29-18)17-11-7-4-8-12-17)27-20-14-25-22(28-19(20)13-24)16-9-5-3-6-10-16/h2-12,18-22,24H,1,13-15H2/t18-,19+,20-,21+,22-/m1/s1. The third-order valence-electron chi connectivity index (χ3n) is 5.09. The molecule has 2 aromatic carbocycles. The first kappa shape index (κ1) is 20.3. The number of rotatable bonds is 6. The van der Waals surface area contributed by atoms with Crippen LogP contribution in [0.2, 0.25) is 0 Å². The molecule has 7 heteroatoms. The summed E-state index contributed by atoms with van der Waals surface area (Å²) >= 11 is 0. The van der Waals surface area contributed by atoms with Crippen LogP contribution in [0.5, 0.6) is 0 Å². The van der Waals surface area contributed by atoms with Gasteiger partial charge in [-0.1, -0.05) is 66.7 Å². The molecule has 152 valence electrons. The van der Waals surface area contributed by atoms with E-state index in [1.165, 1.54) is 0 Å². The Bertz CT molecular complexity index is 773. The molecule has 0 radical (unpaired) electrons. The average Bonchev–Trinajstić information content (AvgIpc) is 2.80. The lowest BCUT2D eigenvalue weighted by atomic mass is 9.77. The first-order valence-corrected chi connectivity index (χ1v) is 9.81. The van der Waals surface area contributed by atoms with E-state index in [1.54, 1.807) is 6.08 Å². The maximum atomic E-state index is 9.83. The molecule has 0 saturated carbocycles. The average molecular weight is 396 g/mol. The van der Waals surface area contributed by atoms with Gasteiger partial charge >= 0.3 is 7.12 Å². The van der Waals surface area contributed by atoms with Crippen molar-refractivity contribution >= 4 is 12.6 Å². The van der Waals surface area contributed by atoms with Crippen LogP contribution in [0, 0.1) is 0 Å². The van der Waals surface area contributed by atoms with Gasteiger partial charge in [-0.2, -0.15) is 0 Å². The van der Waals surface area contributed by atoms with Crippen molar-refractivity contribution in [3.8, 4) is 0 Å². The summed E-state index contributed by atoms with van der Waals surface area (Å²) in [5.41, 5.74) is 1.85. The van der Waals surface area contributed by atoms with Gasteiger partial charge in [0.1, 0.15) is 18.3 Å². The summed E-state index contributed by atoms with van der Waals surface area (Å²) in [4.78, 5) is 0. The molecular weight excluding hydrogens is 371 g/mol. The van der Waals surface area contributed by atoms with E-state index in [1.807, 2.05) is 60.7 Å². The van der Waals surface area contributed by atoms with Crippen LogP contribution in [0.25, 0.3) is 0 Å². The van der Waals surface area contributed by atoms with Crippen molar-refractivity contribution in [3.05, 3.63) is 78.9 Å². The monoisotopic (exact) mass is 396 g/mol. The second-order valence-corrected chi connectivity index (χ2v) is 7.06. The highest BCUT2D eigenvalue weighted by Crippen LogP contribution is 2.29. The molecule has 2 aromatic rings. The maximum Gasteiger partial charge on any atom is 0.494 e. The Morgan fingerprint density at radius 2 is 1.76 bits per heavy atom. The van der Waals surface area contributed by atoms with Gasteiger partial charge in [0.05, 0.1) is 25.9 Å². The second kappa shape index (κ2) is 9.67. The van der Waals surface area contributed by atoms with E-state index in [2.05, 4.69) is 6.58 Å². The van der Waals surface area contributed by atoms with Crippen molar-refractivity contribution in [2.45, 2.75) is 30.7 Å². The van der Waals surface area contributed by atoms with Crippen molar-refractivity contribution in [2.75, 3.05) is 19.8 Å². The smallest absolute Gasteiger partial charge is 0.404 e. The van der Waals surface area contributed by atoms with Gasteiger partial charge in [0.15, 0.2) is 6.29 Å². The van der Waals surface area contributed by atoms with E-state index in [9.17, 15) is 5.11 Å². The maximum absolute atomic E-state index is 9.83. The molecule has 2 aliphatic heterocycles. The quantitative estimate of drug-likeness (QED) is 0.594. The molecule has 0 aliphatic carbocycles. The van der Waals surface area contributed by atoms with Gasteiger partial charge in [0.2, 0.25) is 0 Å². The van der Waals surface area contributed by atoms with Crippen molar-refractivity contribution in [1.82, 2.24) is 0 Å². The van der Waals surface area contributed by atoms with Crippen molar-refractivity contribution in [2.24, 2.45) is 0 Å². The fourth-order valence-electron chi connectivity index (χ4n) is 3.53. The fourth-order valence-corrected chi connectivity index (χ4v) is 3.53. The van der Waals surface area contributed by atoms with E-state index in [4.69, 9.17) is 23.5 Å². The number of aliphatic hydroxyl groups is 1. The largest absolute Gasteiger partial charge is 0.494 e. The van der Waals surface area contributed by atoms with E-state index >= 15 is 0 Å². The van der Waals surface area contributed by atoms with E-state index in [0.29, 0.717) is 13.2 Å². The van der Waals surface area contributed by atoms with E-state index in [0.717, 1.165) is 11.0 Å². The first-order valence-electron chi connectivity index (χ1n) is 9.81. The molecule has 0 aromatic heterocycles. The number of hydrogen-bond donors (Lipinski definition) is 1. The molecule has 0 unspecified atom stereocenters. The Hall–Kier alpha value is -2.00. The summed E-state index contributed by atoms with van der Waals surface area (Å²) in [5.74, 6) is 0. The molecule has 0 amide bonds. The zero-order chi connectivity index (χ0) is 20.1. The Balaban J connectivity index is 1.37. The van der Waals surface area contributed by atoms with Crippen LogP contribution >= 0.6 is 0 Å². The van der Waals surface area contributed by atoms with Gasteiger partial charge in [0.25, 0.3) is 0 Å².